The molecular weight excluding hydrogens is 334 g/mol. The van der Waals surface area contributed by atoms with Gasteiger partial charge < -0.3 is 20.1 Å². The zero-order chi connectivity index (χ0) is 18.9. The van der Waals surface area contributed by atoms with Gasteiger partial charge in [0.2, 0.25) is 0 Å². The Balaban J connectivity index is 1.86. The summed E-state index contributed by atoms with van der Waals surface area (Å²) in [6, 6.07) is 10.6. The second kappa shape index (κ2) is 9.41. The molecule has 138 valence electrons. The maximum Gasteiger partial charge on any atom is 0.309 e. The van der Waals surface area contributed by atoms with Crippen LogP contribution in [0, 0.1) is 0 Å². The summed E-state index contributed by atoms with van der Waals surface area (Å²) in [5, 5.41) is 5.26. The van der Waals surface area contributed by atoms with E-state index in [2.05, 4.69) is 15.6 Å². The fourth-order valence-electron chi connectivity index (χ4n) is 2.43. The van der Waals surface area contributed by atoms with E-state index in [9.17, 15) is 9.59 Å². The lowest BCUT2D eigenvalue weighted by Crippen LogP contribution is -2.44. The van der Waals surface area contributed by atoms with Crippen LogP contribution in [-0.4, -0.2) is 37.1 Å². The van der Waals surface area contributed by atoms with Crippen molar-refractivity contribution >= 4 is 11.8 Å². The number of carbonyl (C=O) groups is 2. The standard InChI is InChI=1S/C19H23N3O4/c1-13(10-15-6-4-5-9-20-15)22-19(24)18(23)21-12-14-7-8-16(25-2)11-17(14)26-3/h4-9,11,13H,10,12H2,1-3H3,(H,21,23)(H,22,24). The molecule has 7 heteroatoms. The van der Waals surface area contributed by atoms with E-state index >= 15 is 0 Å². The van der Waals surface area contributed by atoms with E-state index < -0.39 is 11.8 Å². The van der Waals surface area contributed by atoms with Crippen molar-refractivity contribution in [2.75, 3.05) is 14.2 Å². The number of nitrogens with zero attached hydrogens (tertiary/aromatic N) is 1. The maximum atomic E-state index is 12.0. The predicted octanol–water partition coefficient (Wildman–Crippen LogP) is 1.46. The van der Waals surface area contributed by atoms with Gasteiger partial charge in [0.05, 0.1) is 14.2 Å². The van der Waals surface area contributed by atoms with Crippen molar-refractivity contribution in [3.05, 3.63) is 53.9 Å². The highest BCUT2D eigenvalue weighted by molar-refractivity contribution is 6.35. The molecule has 0 spiro atoms. The number of aromatic nitrogens is 1. The van der Waals surface area contributed by atoms with Crippen molar-refractivity contribution in [3.8, 4) is 11.5 Å². The first-order valence-corrected chi connectivity index (χ1v) is 8.23. The number of benzene rings is 1. The molecule has 0 radical (unpaired) electrons. The van der Waals surface area contributed by atoms with Crippen LogP contribution in [0.2, 0.25) is 0 Å². The number of ether oxygens (including phenoxy) is 2. The van der Waals surface area contributed by atoms with E-state index in [0.717, 1.165) is 11.3 Å². The predicted molar refractivity (Wildman–Crippen MR) is 96.9 cm³/mol. The quantitative estimate of drug-likeness (QED) is 0.733. The van der Waals surface area contributed by atoms with Gasteiger partial charge >= 0.3 is 11.8 Å². The van der Waals surface area contributed by atoms with Crippen molar-refractivity contribution in [3.63, 3.8) is 0 Å². The van der Waals surface area contributed by atoms with Gasteiger partial charge in [0, 0.05) is 42.5 Å². The summed E-state index contributed by atoms with van der Waals surface area (Å²) in [4.78, 5) is 28.3. The molecule has 0 fully saturated rings. The summed E-state index contributed by atoms with van der Waals surface area (Å²) in [5.74, 6) is -0.150. The first-order valence-electron chi connectivity index (χ1n) is 8.23. The van der Waals surface area contributed by atoms with Gasteiger partial charge in [-0.05, 0) is 31.2 Å². The summed E-state index contributed by atoms with van der Waals surface area (Å²) >= 11 is 0. The molecule has 7 nitrogen and oxygen atoms in total. The van der Waals surface area contributed by atoms with Crippen molar-refractivity contribution in [1.82, 2.24) is 15.6 Å². The van der Waals surface area contributed by atoms with Gasteiger partial charge in [-0.25, -0.2) is 0 Å². The zero-order valence-electron chi connectivity index (χ0n) is 15.1. The van der Waals surface area contributed by atoms with Crippen LogP contribution < -0.4 is 20.1 Å². The third-order valence-electron chi connectivity index (χ3n) is 3.76. The minimum atomic E-state index is -0.698. The van der Waals surface area contributed by atoms with Crippen molar-refractivity contribution in [2.45, 2.75) is 25.9 Å². The Morgan fingerprint density at radius 1 is 1.12 bits per heavy atom. The Morgan fingerprint density at radius 3 is 2.58 bits per heavy atom. The van der Waals surface area contributed by atoms with Crippen LogP contribution in [0.5, 0.6) is 11.5 Å². The SMILES string of the molecule is COc1ccc(CNC(=O)C(=O)NC(C)Cc2ccccn2)c(OC)c1. The summed E-state index contributed by atoms with van der Waals surface area (Å²) in [7, 11) is 3.10. The number of carbonyl (C=O) groups excluding carboxylic acids is 2. The Bertz CT molecular complexity index is 750. The van der Waals surface area contributed by atoms with Crippen molar-refractivity contribution in [1.29, 1.82) is 0 Å². The number of nitrogens with one attached hydrogen (secondary N) is 2. The number of hydrogen-bond donors (Lipinski definition) is 2. The second-order valence-corrected chi connectivity index (χ2v) is 5.76. The van der Waals surface area contributed by atoms with Crippen LogP contribution in [-0.2, 0) is 22.6 Å². The largest absolute Gasteiger partial charge is 0.497 e. The van der Waals surface area contributed by atoms with E-state index in [-0.39, 0.29) is 12.6 Å². The molecule has 0 saturated heterocycles. The molecule has 2 N–H and O–H groups in total. The average molecular weight is 357 g/mol. The molecule has 1 heterocycles. The van der Waals surface area contributed by atoms with Gasteiger partial charge in [-0.2, -0.15) is 0 Å². The topological polar surface area (TPSA) is 89.5 Å². The second-order valence-electron chi connectivity index (χ2n) is 5.76. The van der Waals surface area contributed by atoms with Gasteiger partial charge in [-0.15, -0.1) is 0 Å². The van der Waals surface area contributed by atoms with Crippen LogP contribution in [0.1, 0.15) is 18.2 Å². The number of methoxy groups -OCH3 is 2. The monoisotopic (exact) mass is 357 g/mol. The molecule has 2 aromatic rings. The lowest BCUT2D eigenvalue weighted by molar-refractivity contribution is -0.139. The molecule has 1 aromatic carbocycles. The van der Waals surface area contributed by atoms with Crippen molar-refractivity contribution in [2.24, 2.45) is 0 Å². The molecule has 26 heavy (non-hydrogen) atoms. The van der Waals surface area contributed by atoms with E-state index in [0.29, 0.717) is 17.9 Å². The number of pyridine rings is 1. The van der Waals surface area contributed by atoms with Gasteiger partial charge in [0.15, 0.2) is 0 Å². The average Bonchev–Trinajstić information content (AvgIpc) is 2.66. The lowest BCUT2D eigenvalue weighted by Gasteiger charge is -2.14. The van der Waals surface area contributed by atoms with Gasteiger partial charge in [-0.3, -0.25) is 14.6 Å². The smallest absolute Gasteiger partial charge is 0.309 e. The molecule has 1 atom stereocenters. The lowest BCUT2D eigenvalue weighted by atomic mass is 10.1. The van der Waals surface area contributed by atoms with E-state index in [1.807, 2.05) is 25.1 Å². The van der Waals surface area contributed by atoms with E-state index in [4.69, 9.17) is 9.47 Å². The molecule has 2 amide bonds. The molecule has 0 bridgehead atoms. The normalized spacial score (nSPS) is 11.3. The van der Waals surface area contributed by atoms with Gasteiger partial charge in [-0.1, -0.05) is 6.07 Å². The highest BCUT2D eigenvalue weighted by atomic mass is 16.5. The Labute approximate surface area is 152 Å². The minimum Gasteiger partial charge on any atom is -0.497 e. The van der Waals surface area contributed by atoms with E-state index in [1.54, 1.807) is 31.5 Å². The van der Waals surface area contributed by atoms with Crippen LogP contribution in [0.25, 0.3) is 0 Å². The third-order valence-corrected chi connectivity index (χ3v) is 3.76. The van der Waals surface area contributed by atoms with Crippen LogP contribution in [0.4, 0.5) is 0 Å². The first-order chi connectivity index (χ1) is 12.5. The summed E-state index contributed by atoms with van der Waals surface area (Å²) < 4.78 is 10.4. The van der Waals surface area contributed by atoms with Crippen LogP contribution in [0.15, 0.2) is 42.6 Å². The Hall–Kier alpha value is -3.09. The molecule has 0 saturated carbocycles. The first kappa shape index (κ1) is 19.2. The molecule has 0 aliphatic rings. The molecule has 1 unspecified atom stereocenters. The van der Waals surface area contributed by atoms with Crippen LogP contribution >= 0.6 is 0 Å². The third kappa shape index (κ3) is 5.47. The maximum absolute atomic E-state index is 12.0. The molecule has 0 aliphatic heterocycles. The molecular formula is C19H23N3O4. The minimum absolute atomic E-state index is 0.175. The van der Waals surface area contributed by atoms with Gasteiger partial charge in [0.25, 0.3) is 0 Å². The fourth-order valence-corrected chi connectivity index (χ4v) is 2.43. The van der Waals surface area contributed by atoms with E-state index in [1.165, 1.54) is 7.11 Å². The highest BCUT2D eigenvalue weighted by Gasteiger charge is 2.17. The molecule has 0 aliphatic carbocycles. The van der Waals surface area contributed by atoms with Crippen molar-refractivity contribution < 1.29 is 19.1 Å². The van der Waals surface area contributed by atoms with Crippen LogP contribution in [0.3, 0.4) is 0 Å². The Morgan fingerprint density at radius 2 is 1.92 bits per heavy atom. The van der Waals surface area contributed by atoms with Gasteiger partial charge in [0.1, 0.15) is 11.5 Å². The zero-order valence-corrected chi connectivity index (χ0v) is 15.1. The number of hydrogen-bond acceptors (Lipinski definition) is 5. The summed E-state index contributed by atoms with van der Waals surface area (Å²) in [5.41, 5.74) is 1.60. The Kier molecular flexibility index (Phi) is 6.96. The molecule has 1 aromatic heterocycles. The summed E-state index contributed by atoms with van der Waals surface area (Å²) in [6.45, 7) is 2.00. The summed E-state index contributed by atoms with van der Waals surface area (Å²) in [6.07, 6.45) is 2.24. The molecule has 2 rings (SSSR count). The number of rotatable bonds is 7. The highest BCUT2D eigenvalue weighted by Crippen LogP contribution is 2.24. The number of amides is 2. The fraction of sp³-hybridized carbons (Fsp3) is 0.316.